The van der Waals surface area contributed by atoms with Crippen LogP contribution in [0.3, 0.4) is 0 Å². The van der Waals surface area contributed by atoms with Crippen LogP contribution in [0, 0.1) is 0 Å². The lowest BCUT2D eigenvalue weighted by Crippen LogP contribution is -2.15. The molecular weight excluding hydrogens is 364 g/mol. The molecule has 0 unspecified atom stereocenters. The molecule has 0 atom stereocenters. The fourth-order valence-electron chi connectivity index (χ4n) is 3.13. The van der Waals surface area contributed by atoms with Crippen LogP contribution >= 0.6 is 0 Å². The smallest absolute Gasteiger partial charge is 0.337 e. The molecule has 0 radical (unpaired) electrons. The van der Waals surface area contributed by atoms with Gasteiger partial charge in [0.05, 0.1) is 11.3 Å². The Hall–Kier alpha value is -4.12. The van der Waals surface area contributed by atoms with E-state index in [4.69, 9.17) is 0 Å². The van der Waals surface area contributed by atoms with Gasteiger partial charge in [0, 0.05) is 23.6 Å². The lowest BCUT2D eigenvalue weighted by Gasteiger charge is -2.12. The minimum atomic E-state index is -1.09. The number of hydrogen-bond donors (Lipinski definition) is 2. The predicted octanol–water partition coefficient (Wildman–Crippen LogP) is 5.09. The second-order valence-corrected chi connectivity index (χ2v) is 6.52. The van der Waals surface area contributed by atoms with E-state index >= 15 is 0 Å². The molecule has 0 saturated carbocycles. The van der Waals surface area contributed by atoms with Crippen LogP contribution in [-0.4, -0.2) is 21.6 Å². The maximum atomic E-state index is 12.7. The molecule has 142 valence electrons. The fourth-order valence-corrected chi connectivity index (χ4v) is 3.13. The summed E-state index contributed by atoms with van der Waals surface area (Å²) in [7, 11) is 0. The van der Waals surface area contributed by atoms with Crippen molar-refractivity contribution in [2.45, 2.75) is 0 Å². The third-order valence-electron chi connectivity index (χ3n) is 4.64. The predicted molar refractivity (Wildman–Crippen MR) is 113 cm³/mol. The first-order chi connectivity index (χ1) is 14.1. The zero-order chi connectivity index (χ0) is 20.2. The van der Waals surface area contributed by atoms with Crippen LogP contribution in [0.15, 0.2) is 97.3 Å². The summed E-state index contributed by atoms with van der Waals surface area (Å²) < 4.78 is 1.94. The third kappa shape index (κ3) is 3.94. The van der Waals surface area contributed by atoms with Crippen LogP contribution in [0.4, 0.5) is 5.69 Å². The minimum absolute atomic E-state index is 0.0435. The number of carboxylic acids is 1. The number of amides is 1. The van der Waals surface area contributed by atoms with Crippen molar-refractivity contribution in [2.75, 3.05) is 5.32 Å². The molecule has 0 bridgehead atoms. The number of aromatic nitrogens is 1. The van der Waals surface area contributed by atoms with Gasteiger partial charge in [0.25, 0.3) is 5.91 Å². The highest BCUT2D eigenvalue weighted by atomic mass is 16.4. The van der Waals surface area contributed by atoms with Gasteiger partial charge in [-0.15, -0.1) is 0 Å². The Morgan fingerprint density at radius 3 is 2.10 bits per heavy atom. The molecule has 1 heterocycles. The van der Waals surface area contributed by atoms with Crippen molar-refractivity contribution >= 4 is 17.6 Å². The summed E-state index contributed by atoms with van der Waals surface area (Å²) in [6.07, 6.45) is 3.84. The maximum Gasteiger partial charge on any atom is 0.337 e. The molecule has 4 aromatic rings. The van der Waals surface area contributed by atoms with E-state index in [1.807, 2.05) is 71.6 Å². The molecule has 0 fully saturated rings. The van der Waals surface area contributed by atoms with E-state index in [1.165, 1.54) is 6.07 Å². The number of carboxylic acid groups (broad SMARTS) is 1. The Morgan fingerprint density at radius 1 is 0.759 bits per heavy atom. The number of nitrogens with one attached hydrogen (secondary N) is 1. The molecule has 4 rings (SSSR count). The van der Waals surface area contributed by atoms with Gasteiger partial charge in [0.2, 0.25) is 0 Å². The van der Waals surface area contributed by atoms with Gasteiger partial charge >= 0.3 is 5.97 Å². The van der Waals surface area contributed by atoms with E-state index in [-0.39, 0.29) is 17.2 Å². The number of nitrogens with zero attached hydrogens (tertiary/aromatic N) is 1. The minimum Gasteiger partial charge on any atom is -0.478 e. The van der Waals surface area contributed by atoms with Gasteiger partial charge in [0.1, 0.15) is 0 Å². The average Bonchev–Trinajstić information content (AvgIpc) is 3.29. The first kappa shape index (κ1) is 18.3. The number of rotatable bonds is 5. The van der Waals surface area contributed by atoms with Gasteiger partial charge in [-0.3, -0.25) is 4.79 Å². The summed E-state index contributed by atoms with van der Waals surface area (Å²) in [5, 5.41) is 12.2. The maximum absolute atomic E-state index is 12.7. The Morgan fingerprint density at radius 2 is 1.45 bits per heavy atom. The molecule has 0 aliphatic heterocycles. The van der Waals surface area contributed by atoms with Crippen LogP contribution in [-0.2, 0) is 0 Å². The monoisotopic (exact) mass is 382 g/mol. The molecule has 2 N–H and O–H groups in total. The van der Waals surface area contributed by atoms with Crippen molar-refractivity contribution in [2.24, 2.45) is 0 Å². The average molecular weight is 382 g/mol. The first-order valence-electron chi connectivity index (χ1n) is 9.09. The van der Waals surface area contributed by atoms with E-state index in [2.05, 4.69) is 5.32 Å². The van der Waals surface area contributed by atoms with Gasteiger partial charge in [-0.05, 0) is 59.7 Å². The molecule has 1 amide bonds. The van der Waals surface area contributed by atoms with E-state index in [9.17, 15) is 14.7 Å². The molecule has 1 aromatic heterocycles. The Labute approximate surface area is 167 Å². The van der Waals surface area contributed by atoms with E-state index in [0.717, 1.165) is 16.8 Å². The molecular formula is C24H18N2O3. The normalized spacial score (nSPS) is 10.5. The molecule has 0 aliphatic carbocycles. The summed E-state index contributed by atoms with van der Waals surface area (Å²) in [6, 6.07) is 25.5. The van der Waals surface area contributed by atoms with Crippen LogP contribution in [0.25, 0.3) is 16.8 Å². The van der Waals surface area contributed by atoms with Crippen molar-refractivity contribution in [3.63, 3.8) is 0 Å². The molecule has 3 aromatic carbocycles. The van der Waals surface area contributed by atoms with E-state index in [0.29, 0.717) is 5.56 Å². The summed E-state index contributed by atoms with van der Waals surface area (Å²) in [6.45, 7) is 0. The van der Waals surface area contributed by atoms with Crippen LogP contribution < -0.4 is 5.32 Å². The van der Waals surface area contributed by atoms with Crippen molar-refractivity contribution in [3.05, 3.63) is 108 Å². The number of carbonyl (C=O) groups is 2. The van der Waals surface area contributed by atoms with Gasteiger partial charge < -0.3 is 15.0 Å². The van der Waals surface area contributed by atoms with Gasteiger partial charge in [0.15, 0.2) is 0 Å². The number of benzene rings is 3. The topological polar surface area (TPSA) is 71.3 Å². The molecule has 0 aliphatic rings. The lowest BCUT2D eigenvalue weighted by molar-refractivity contribution is 0.0698. The van der Waals surface area contributed by atoms with Crippen molar-refractivity contribution < 1.29 is 14.7 Å². The number of anilines is 1. The number of hydrogen-bond acceptors (Lipinski definition) is 2. The highest BCUT2D eigenvalue weighted by molar-refractivity contribution is 6.08. The fraction of sp³-hybridized carbons (Fsp3) is 0. The Kier molecular flexibility index (Phi) is 4.95. The van der Waals surface area contributed by atoms with Crippen LogP contribution in [0.2, 0.25) is 0 Å². The highest BCUT2D eigenvalue weighted by Crippen LogP contribution is 2.26. The lowest BCUT2D eigenvalue weighted by atomic mass is 10.0. The SMILES string of the molecule is O=C(Nc1cc(-c2ccccc2)ccc1C(=O)O)c1ccc(-n2cccc2)cc1. The van der Waals surface area contributed by atoms with E-state index in [1.54, 1.807) is 24.3 Å². The molecule has 0 spiro atoms. The van der Waals surface area contributed by atoms with E-state index < -0.39 is 5.97 Å². The second-order valence-electron chi connectivity index (χ2n) is 6.52. The quantitative estimate of drug-likeness (QED) is 0.505. The number of carbonyl (C=O) groups excluding carboxylic acids is 1. The first-order valence-corrected chi connectivity index (χ1v) is 9.09. The Balaban J connectivity index is 1.62. The van der Waals surface area contributed by atoms with Crippen LogP contribution in [0.5, 0.6) is 0 Å². The van der Waals surface area contributed by atoms with Crippen molar-refractivity contribution in [3.8, 4) is 16.8 Å². The summed E-state index contributed by atoms with van der Waals surface area (Å²) in [4.78, 5) is 24.3. The van der Waals surface area contributed by atoms with Gasteiger partial charge in [-0.25, -0.2) is 4.79 Å². The van der Waals surface area contributed by atoms with Gasteiger partial charge in [-0.1, -0.05) is 36.4 Å². The third-order valence-corrected chi connectivity index (χ3v) is 4.64. The standard InChI is InChI=1S/C24H18N2O3/c27-23(18-8-11-20(12-9-18)26-14-4-5-15-26)25-22-16-19(10-13-21(22)24(28)29)17-6-2-1-3-7-17/h1-16H,(H,25,27)(H,28,29). The van der Waals surface area contributed by atoms with Crippen LogP contribution in [0.1, 0.15) is 20.7 Å². The second kappa shape index (κ2) is 7.86. The van der Waals surface area contributed by atoms with Crippen molar-refractivity contribution in [1.29, 1.82) is 0 Å². The molecule has 5 heteroatoms. The molecule has 5 nitrogen and oxygen atoms in total. The zero-order valence-corrected chi connectivity index (χ0v) is 15.4. The largest absolute Gasteiger partial charge is 0.478 e. The summed E-state index contributed by atoms with van der Waals surface area (Å²) in [5.41, 5.74) is 3.46. The Bertz CT molecular complexity index is 1150. The zero-order valence-electron chi connectivity index (χ0n) is 15.4. The highest BCUT2D eigenvalue weighted by Gasteiger charge is 2.15. The van der Waals surface area contributed by atoms with Crippen molar-refractivity contribution in [1.82, 2.24) is 4.57 Å². The summed E-state index contributed by atoms with van der Waals surface area (Å²) >= 11 is 0. The molecule has 29 heavy (non-hydrogen) atoms. The number of aromatic carboxylic acids is 1. The van der Waals surface area contributed by atoms with Gasteiger partial charge in [-0.2, -0.15) is 0 Å². The summed E-state index contributed by atoms with van der Waals surface area (Å²) in [5.74, 6) is -1.46. The molecule has 0 saturated heterocycles.